The summed E-state index contributed by atoms with van der Waals surface area (Å²) in [5, 5.41) is 8.55. The van der Waals surface area contributed by atoms with Crippen LogP contribution in [0.1, 0.15) is 25.7 Å². The predicted octanol–water partition coefficient (Wildman–Crippen LogP) is 2.47. The van der Waals surface area contributed by atoms with Crippen LogP contribution in [-0.4, -0.2) is 24.1 Å². The number of nitrogens with one attached hydrogen (secondary N) is 3. The molecule has 106 valence electrons. The van der Waals surface area contributed by atoms with E-state index < -0.39 is 0 Å². The third-order valence-electron chi connectivity index (χ3n) is 4.25. The number of H-pyrrole nitrogens is 1. The number of benzene rings is 1. The van der Waals surface area contributed by atoms with E-state index in [-0.39, 0.29) is 5.56 Å². The van der Waals surface area contributed by atoms with Crippen LogP contribution in [-0.2, 0) is 0 Å². The van der Waals surface area contributed by atoms with Gasteiger partial charge in [0, 0.05) is 17.5 Å². The van der Waals surface area contributed by atoms with Crippen molar-refractivity contribution in [3.8, 4) is 0 Å². The van der Waals surface area contributed by atoms with Crippen LogP contribution in [0.5, 0.6) is 0 Å². The van der Waals surface area contributed by atoms with Crippen LogP contribution >= 0.6 is 0 Å². The number of anilines is 1. The molecule has 4 heteroatoms. The van der Waals surface area contributed by atoms with E-state index in [1.165, 1.54) is 12.8 Å². The highest BCUT2D eigenvalue weighted by Crippen LogP contribution is 2.22. The van der Waals surface area contributed by atoms with Gasteiger partial charge >= 0.3 is 0 Å². The average Bonchev–Trinajstić information content (AvgIpc) is 2.48. The molecule has 1 aromatic heterocycles. The summed E-state index contributed by atoms with van der Waals surface area (Å²) in [7, 11) is 2.03. The molecule has 0 atom stereocenters. The van der Waals surface area contributed by atoms with Crippen molar-refractivity contribution < 1.29 is 0 Å². The zero-order valence-electron chi connectivity index (χ0n) is 11.8. The lowest BCUT2D eigenvalue weighted by Crippen LogP contribution is -2.35. The van der Waals surface area contributed by atoms with E-state index >= 15 is 0 Å². The number of fused-ring (bicyclic) bond motifs is 1. The summed E-state index contributed by atoms with van der Waals surface area (Å²) in [6.45, 7) is 0. The quantitative estimate of drug-likeness (QED) is 0.804. The largest absolute Gasteiger partial charge is 0.369 e. The van der Waals surface area contributed by atoms with Crippen molar-refractivity contribution in [3.05, 3.63) is 40.7 Å². The molecule has 2 aromatic rings. The smallest absolute Gasteiger partial charge is 0.257 e. The van der Waals surface area contributed by atoms with Gasteiger partial charge in [0.25, 0.3) is 5.56 Å². The van der Waals surface area contributed by atoms with Crippen molar-refractivity contribution >= 4 is 16.6 Å². The minimum Gasteiger partial charge on any atom is -0.369 e. The highest BCUT2D eigenvalue weighted by atomic mass is 16.1. The number of aromatic amines is 1. The van der Waals surface area contributed by atoms with Crippen molar-refractivity contribution in [2.24, 2.45) is 0 Å². The monoisotopic (exact) mass is 271 g/mol. The van der Waals surface area contributed by atoms with E-state index in [4.69, 9.17) is 0 Å². The van der Waals surface area contributed by atoms with E-state index in [1.54, 1.807) is 0 Å². The molecule has 4 nitrogen and oxygen atoms in total. The van der Waals surface area contributed by atoms with Gasteiger partial charge in [-0.3, -0.25) is 4.79 Å². The molecule has 1 aromatic carbocycles. The first-order valence-corrected chi connectivity index (χ1v) is 7.32. The first-order chi connectivity index (χ1) is 9.76. The molecule has 0 radical (unpaired) electrons. The van der Waals surface area contributed by atoms with Gasteiger partial charge < -0.3 is 15.6 Å². The summed E-state index contributed by atoms with van der Waals surface area (Å²) in [6.07, 6.45) is 4.65. The maximum absolute atomic E-state index is 12.0. The molecule has 3 N–H and O–H groups in total. The van der Waals surface area contributed by atoms with Gasteiger partial charge in [-0.2, -0.15) is 0 Å². The molecular weight excluding hydrogens is 250 g/mol. The molecule has 0 bridgehead atoms. The summed E-state index contributed by atoms with van der Waals surface area (Å²) in [5.74, 6) is 0.835. The molecule has 3 rings (SSSR count). The van der Waals surface area contributed by atoms with Gasteiger partial charge in [-0.05, 0) is 50.2 Å². The number of aromatic nitrogens is 1. The second kappa shape index (κ2) is 5.67. The Hall–Kier alpha value is -1.81. The third-order valence-corrected chi connectivity index (χ3v) is 4.25. The average molecular weight is 271 g/mol. The van der Waals surface area contributed by atoms with Crippen LogP contribution in [0.4, 0.5) is 5.82 Å². The first kappa shape index (κ1) is 13.2. The molecule has 0 amide bonds. The summed E-state index contributed by atoms with van der Waals surface area (Å²) in [5.41, 5.74) is -0.0190. The molecule has 1 heterocycles. The summed E-state index contributed by atoms with van der Waals surface area (Å²) in [6, 6.07) is 10.8. The summed E-state index contributed by atoms with van der Waals surface area (Å²) in [4.78, 5) is 15.0. The maximum Gasteiger partial charge on any atom is 0.257 e. The van der Waals surface area contributed by atoms with Crippen LogP contribution in [0.15, 0.2) is 35.1 Å². The Labute approximate surface area is 118 Å². The van der Waals surface area contributed by atoms with Gasteiger partial charge in [0.2, 0.25) is 0 Å². The van der Waals surface area contributed by atoms with E-state index in [0.717, 1.165) is 29.4 Å². The van der Waals surface area contributed by atoms with Gasteiger partial charge in [-0.25, -0.2) is 0 Å². The molecule has 0 aliphatic heterocycles. The fourth-order valence-electron chi connectivity index (χ4n) is 3.03. The van der Waals surface area contributed by atoms with Crippen LogP contribution in [0.2, 0.25) is 0 Å². The molecular formula is C16H21N3O. The van der Waals surface area contributed by atoms with Gasteiger partial charge in [0.15, 0.2) is 0 Å². The molecule has 0 spiro atoms. The number of rotatable bonds is 3. The highest BCUT2D eigenvalue weighted by Gasteiger charge is 2.19. The fraction of sp³-hybridized carbons (Fsp3) is 0.438. The van der Waals surface area contributed by atoms with Crippen molar-refractivity contribution in [1.82, 2.24) is 10.3 Å². The van der Waals surface area contributed by atoms with Crippen molar-refractivity contribution in [3.63, 3.8) is 0 Å². The topological polar surface area (TPSA) is 56.9 Å². The van der Waals surface area contributed by atoms with Crippen molar-refractivity contribution in [1.29, 1.82) is 0 Å². The molecule has 1 aliphatic rings. The Morgan fingerprint density at radius 1 is 1.10 bits per heavy atom. The fourth-order valence-corrected chi connectivity index (χ4v) is 3.03. The second-order valence-electron chi connectivity index (χ2n) is 5.58. The Kier molecular flexibility index (Phi) is 3.74. The van der Waals surface area contributed by atoms with Crippen LogP contribution in [0.25, 0.3) is 10.8 Å². The molecule has 1 fully saturated rings. The van der Waals surface area contributed by atoms with Crippen LogP contribution < -0.4 is 16.2 Å². The lowest BCUT2D eigenvalue weighted by Gasteiger charge is -2.29. The molecule has 1 aliphatic carbocycles. The number of hydrogen-bond donors (Lipinski definition) is 3. The predicted molar refractivity (Wildman–Crippen MR) is 83.3 cm³/mol. The number of pyridine rings is 1. The third kappa shape index (κ3) is 2.70. The van der Waals surface area contributed by atoms with E-state index in [1.807, 2.05) is 37.4 Å². The van der Waals surface area contributed by atoms with Crippen LogP contribution in [0.3, 0.4) is 0 Å². The van der Waals surface area contributed by atoms with Gasteiger partial charge in [-0.15, -0.1) is 0 Å². The van der Waals surface area contributed by atoms with E-state index in [2.05, 4.69) is 15.6 Å². The van der Waals surface area contributed by atoms with E-state index in [0.29, 0.717) is 12.1 Å². The minimum atomic E-state index is -0.0190. The molecule has 20 heavy (non-hydrogen) atoms. The molecule has 0 unspecified atom stereocenters. The lowest BCUT2D eigenvalue weighted by molar-refractivity contribution is 0.371. The highest BCUT2D eigenvalue weighted by molar-refractivity contribution is 5.83. The van der Waals surface area contributed by atoms with Crippen molar-refractivity contribution in [2.75, 3.05) is 12.4 Å². The Bertz CT molecular complexity index is 641. The zero-order chi connectivity index (χ0) is 13.9. The number of hydrogen-bond acceptors (Lipinski definition) is 3. The van der Waals surface area contributed by atoms with E-state index in [9.17, 15) is 4.79 Å². The summed E-state index contributed by atoms with van der Waals surface area (Å²) < 4.78 is 0. The SMILES string of the molecule is CNC1CCC(Nc2cc3ccccc3c(=O)[nH]2)CC1. The van der Waals surface area contributed by atoms with Gasteiger partial charge in [-0.1, -0.05) is 18.2 Å². The lowest BCUT2D eigenvalue weighted by atomic mass is 9.91. The second-order valence-corrected chi connectivity index (χ2v) is 5.58. The Balaban J connectivity index is 1.77. The maximum atomic E-state index is 12.0. The van der Waals surface area contributed by atoms with Gasteiger partial charge in [0.1, 0.15) is 5.82 Å². The minimum absolute atomic E-state index is 0.0190. The zero-order valence-corrected chi connectivity index (χ0v) is 11.8. The standard InChI is InChI=1S/C16H21N3O/c1-17-12-6-8-13(9-7-12)18-15-10-11-4-2-3-5-14(11)16(20)19-15/h2-5,10,12-13,17H,6-9H2,1H3,(H2,18,19,20). The summed E-state index contributed by atoms with van der Waals surface area (Å²) >= 11 is 0. The van der Waals surface area contributed by atoms with Crippen molar-refractivity contribution in [2.45, 2.75) is 37.8 Å². The Morgan fingerprint density at radius 3 is 2.55 bits per heavy atom. The Morgan fingerprint density at radius 2 is 1.80 bits per heavy atom. The van der Waals surface area contributed by atoms with Gasteiger partial charge in [0.05, 0.1) is 0 Å². The van der Waals surface area contributed by atoms with Crippen LogP contribution in [0, 0.1) is 0 Å². The molecule has 1 saturated carbocycles. The normalized spacial score (nSPS) is 22.9. The first-order valence-electron chi connectivity index (χ1n) is 7.32. The molecule has 0 saturated heterocycles.